The Hall–Kier alpha value is -2.45. The van der Waals surface area contributed by atoms with Gasteiger partial charge < -0.3 is 15.5 Å². The summed E-state index contributed by atoms with van der Waals surface area (Å²) in [5.41, 5.74) is 0.153. The number of benzene rings is 1. The van der Waals surface area contributed by atoms with E-state index in [9.17, 15) is 14.4 Å². The molecule has 2 heterocycles. The van der Waals surface area contributed by atoms with Gasteiger partial charge in [-0.1, -0.05) is 30.3 Å². The number of amides is 4. The summed E-state index contributed by atoms with van der Waals surface area (Å²) in [5.74, 6) is -0.432. The largest absolute Gasteiger partial charge is 0.346 e. The predicted octanol–water partition coefficient (Wildman–Crippen LogP) is 0.812. The van der Waals surface area contributed by atoms with Crippen molar-refractivity contribution in [3.8, 4) is 0 Å². The molecule has 4 amide bonds. The van der Waals surface area contributed by atoms with Crippen molar-refractivity contribution in [1.29, 1.82) is 0 Å². The molecule has 3 fully saturated rings. The topological polar surface area (TPSA) is 85.0 Å². The molecule has 2 saturated heterocycles. The smallest absolute Gasteiger partial charge is 0.325 e. The lowest BCUT2D eigenvalue weighted by Crippen LogP contribution is -2.49. The minimum Gasteiger partial charge on any atom is -0.346 e. The Kier molecular flexibility index (Phi) is 5.79. The molecular formula is C22H31N5O3. The summed E-state index contributed by atoms with van der Waals surface area (Å²) in [6.07, 6.45) is 1.87. The summed E-state index contributed by atoms with van der Waals surface area (Å²) in [4.78, 5) is 43.7. The molecule has 162 valence electrons. The molecule has 0 bridgehead atoms. The SMILES string of the molecule is CN1CCN(CC(NC(=O)CN2C(=O)NC(C)(C3CC3)C2=O)c2ccccc2)CC1. The molecule has 30 heavy (non-hydrogen) atoms. The highest BCUT2D eigenvalue weighted by atomic mass is 16.2. The maximum atomic E-state index is 12.9. The molecule has 2 aliphatic heterocycles. The van der Waals surface area contributed by atoms with Gasteiger partial charge in [-0.25, -0.2) is 4.79 Å². The van der Waals surface area contributed by atoms with Crippen LogP contribution in [0, 0.1) is 5.92 Å². The Balaban J connectivity index is 1.41. The summed E-state index contributed by atoms with van der Waals surface area (Å²) in [6, 6.07) is 9.19. The van der Waals surface area contributed by atoms with Crippen LogP contribution in [0.1, 0.15) is 31.4 Å². The molecule has 8 heteroatoms. The van der Waals surface area contributed by atoms with Crippen LogP contribution in [0.4, 0.5) is 4.79 Å². The Morgan fingerprint density at radius 2 is 1.83 bits per heavy atom. The van der Waals surface area contributed by atoms with E-state index in [4.69, 9.17) is 0 Å². The van der Waals surface area contributed by atoms with Gasteiger partial charge in [0, 0.05) is 32.7 Å². The number of rotatable bonds is 7. The van der Waals surface area contributed by atoms with E-state index in [1.165, 1.54) is 0 Å². The number of carbonyl (C=O) groups excluding carboxylic acids is 3. The Morgan fingerprint density at radius 3 is 2.47 bits per heavy atom. The standard InChI is InChI=1S/C22H31N5O3/c1-22(17-8-9-17)20(29)27(21(30)24-22)15-19(28)23-18(16-6-4-3-5-7-16)14-26-12-10-25(2)11-13-26/h3-7,17-18H,8-15H2,1-2H3,(H,23,28)(H,24,30). The Morgan fingerprint density at radius 1 is 1.17 bits per heavy atom. The fraction of sp³-hybridized carbons (Fsp3) is 0.591. The number of likely N-dealkylation sites (N-methyl/N-ethyl adjacent to an activating group) is 1. The first kappa shape index (κ1) is 20.8. The van der Waals surface area contributed by atoms with Gasteiger partial charge in [-0.3, -0.25) is 19.4 Å². The van der Waals surface area contributed by atoms with Crippen LogP contribution in [0.15, 0.2) is 30.3 Å². The maximum Gasteiger partial charge on any atom is 0.325 e. The molecule has 8 nitrogen and oxygen atoms in total. The van der Waals surface area contributed by atoms with Gasteiger partial charge in [0.25, 0.3) is 5.91 Å². The molecule has 1 aliphatic carbocycles. The van der Waals surface area contributed by atoms with Crippen molar-refractivity contribution < 1.29 is 14.4 Å². The fourth-order valence-corrected chi connectivity index (χ4v) is 4.39. The van der Waals surface area contributed by atoms with Gasteiger partial charge in [-0.2, -0.15) is 0 Å². The molecule has 3 aliphatic rings. The first-order valence-electron chi connectivity index (χ1n) is 10.8. The van der Waals surface area contributed by atoms with Crippen LogP contribution in [0.25, 0.3) is 0 Å². The van der Waals surface area contributed by atoms with E-state index in [1.807, 2.05) is 30.3 Å². The van der Waals surface area contributed by atoms with Gasteiger partial charge in [0.1, 0.15) is 12.1 Å². The molecule has 1 aromatic rings. The predicted molar refractivity (Wildman–Crippen MR) is 113 cm³/mol. The van der Waals surface area contributed by atoms with Crippen molar-refractivity contribution in [2.75, 3.05) is 46.3 Å². The van der Waals surface area contributed by atoms with Gasteiger partial charge in [0.05, 0.1) is 6.04 Å². The van der Waals surface area contributed by atoms with E-state index in [2.05, 4.69) is 27.5 Å². The number of nitrogens with zero attached hydrogens (tertiary/aromatic N) is 3. The second-order valence-electron chi connectivity index (χ2n) is 8.93. The zero-order chi connectivity index (χ0) is 21.3. The average molecular weight is 414 g/mol. The summed E-state index contributed by atoms with van der Waals surface area (Å²) >= 11 is 0. The number of carbonyl (C=O) groups is 3. The first-order chi connectivity index (χ1) is 14.4. The van der Waals surface area contributed by atoms with E-state index in [1.54, 1.807) is 6.92 Å². The van der Waals surface area contributed by atoms with Crippen molar-refractivity contribution >= 4 is 17.8 Å². The van der Waals surface area contributed by atoms with Crippen molar-refractivity contribution in [2.45, 2.75) is 31.3 Å². The highest BCUT2D eigenvalue weighted by Gasteiger charge is 2.56. The van der Waals surface area contributed by atoms with Crippen LogP contribution < -0.4 is 10.6 Å². The Bertz CT molecular complexity index is 804. The highest BCUT2D eigenvalue weighted by molar-refractivity contribution is 6.09. The molecule has 0 spiro atoms. The molecule has 0 aromatic heterocycles. The van der Waals surface area contributed by atoms with Crippen LogP contribution in [-0.4, -0.2) is 84.4 Å². The van der Waals surface area contributed by atoms with E-state index >= 15 is 0 Å². The summed E-state index contributed by atoms with van der Waals surface area (Å²) < 4.78 is 0. The molecule has 1 aromatic carbocycles. The van der Waals surface area contributed by atoms with Gasteiger partial charge in [-0.05, 0) is 38.3 Å². The normalized spacial score (nSPS) is 26.5. The average Bonchev–Trinajstić information content (AvgIpc) is 3.56. The summed E-state index contributed by atoms with van der Waals surface area (Å²) in [7, 11) is 2.11. The lowest BCUT2D eigenvalue weighted by Gasteiger charge is -2.35. The van der Waals surface area contributed by atoms with Gasteiger partial charge in [0.15, 0.2) is 0 Å². The minimum absolute atomic E-state index is 0.177. The van der Waals surface area contributed by atoms with Crippen LogP contribution in [0.3, 0.4) is 0 Å². The third kappa shape index (κ3) is 4.34. The minimum atomic E-state index is -0.865. The van der Waals surface area contributed by atoms with Gasteiger partial charge in [-0.15, -0.1) is 0 Å². The molecule has 4 rings (SSSR count). The molecule has 2 atom stereocenters. The number of nitrogens with one attached hydrogen (secondary N) is 2. The van der Waals surface area contributed by atoms with Crippen molar-refractivity contribution in [3.63, 3.8) is 0 Å². The van der Waals surface area contributed by atoms with Crippen molar-refractivity contribution in [1.82, 2.24) is 25.3 Å². The van der Waals surface area contributed by atoms with Crippen LogP contribution in [0.5, 0.6) is 0 Å². The second kappa shape index (κ2) is 8.35. The third-order valence-corrected chi connectivity index (χ3v) is 6.57. The van der Waals surface area contributed by atoms with E-state index in [0.717, 1.165) is 49.5 Å². The van der Waals surface area contributed by atoms with Gasteiger partial charge >= 0.3 is 6.03 Å². The fourth-order valence-electron chi connectivity index (χ4n) is 4.39. The number of piperazine rings is 1. The monoisotopic (exact) mass is 413 g/mol. The Labute approximate surface area is 177 Å². The number of hydrogen-bond donors (Lipinski definition) is 2. The maximum absolute atomic E-state index is 12.9. The number of hydrogen-bond acceptors (Lipinski definition) is 5. The van der Waals surface area contributed by atoms with Crippen molar-refractivity contribution in [3.05, 3.63) is 35.9 Å². The molecule has 0 radical (unpaired) electrons. The highest BCUT2D eigenvalue weighted by Crippen LogP contribution is 2.42. The number of imide groups is 1. The van der Waals surface area contributed by atoms with Crippen LogP contribution >= 0.6 is 0 Å². The molecular weight excluding hydrogens is 382 g/mol. The second-order valence-corrected chi connectivity index (χ2v) is 8.93. The van der Waals surface area contributed by atoms with Crippen LogP contribution in [0.2, 0.25) is 0 Å². The quantitative estimate of drug-likeness (QED) is 0.647. The van der Waals surface area contributed by atoms with Crippen molar-refractivity contribution in [2.24, 2.45) is 5.92 Å². The zero-order valence-corrected chi connectivity index (χ0v) is 17.8. The molecule has 1 saturated carbocycles. The lowest BCUT2D eigenvalue weighted by molar-refractivity contribution is -0.135. The summed E-state index contributed by atoms with van der Waals surface area (Å²) in [5, 5.41) is 5.86. The van der Waals surface area contributed by atoms with Crippen LogP contribution in [-0.2, 0) is 9.59 Å². The van der Waals surface area contributed by atoms with E-state index in [-0.39, 0.29) is 30.3 Å². The molecule has 2 unspecified atom stereocenters. The van der Waals surface area contributed by atoms with E-state index < -0.39 is 11.6 Å². The van der Waals surface area contributed by atoms with Gasteiger partial charge in [0.2, 0.25) is 5.91 Å². The first-order valence-corrected chi connectivity index (χ1v) is 10.8. The lowest BCUT2D eigenvalue weighted by atomic mass is 9.96. The van der Waals surface area contributed by atoms with E-state index in [0.29, 0.717) is 6.54 Å². The summed E-state index contributed by atoms with van der Waals surface area (Å²) in [6.45, 7) is 6.10. The zero-order valence-electron chi connectivity index (χ0n) is 17.8. The third-order valence-electron chi connectivity index (χ3n) is 6.57. The molecule has 2 N–H and O–H groups in total. The number of urea groups is 1.